The second-order valence-electron chi connectivity index (χ2n) is 6.79. The number of ether oxygens (including phenoxy) is 2. The highest BCUT2D eigenvalue weighted by Crippen LogP contribution is 2.43. The van der Waals surface area contributed by atoms with E-state index in [9.17, 15) is 20.1 Å². The molecule has 0 fully saturated rings. The molecule has 27 heavy (non-hydrogen) atoms. The molecule has 142 valence electrons. The minimum atomic E-state index is -0.645. The molecule has 0 saturated heterocycles. The summed E-state index contributed by atoms with van der Waals surface area (Å²) in [6.07, 6.45) is 1.94. The number of hydrogen-bond donors (Lipinski definition) is 3. The number of carbonyl (C=O) groups excluding carboxylic acids is 1. The summed E-state index contributed by atoms with van der Waals surface area (Å²) < 4.78 is 11.2. The van der Waals surface area contributed by atoms with Gasteiger partial charge in [-0.2, -0.15) is 0 Å². The molecule has 0 saturated carbocycles. The zero-order chi connectivity index (χ0) is 19.7. The minimum absolute atomic E-state index is 0.0131. The molecule has 1 unspecified atom stereocenters. The van der Waals surface area contributed by atoms with Crippen LogP contribution in [-0.2, 0) is 6.42 Å². The molecule has 2 aromatic rings. The van der Waals surface area contributed by atoms with E-state index in [4.69, 9.17) is 9.47 Å². The third-order valence-corrected chi connectivity index (χ3v) is 4.46. The van der Waals surface area contributed by atoms with E-state index in [1.54, 1.807) is 0 Å². The van der Waals surface area contributed by atoms with Crippen LogP contribution in [0, 0.1) is 0 Å². The summed E-state index contributed by atoms with van der Waals surface area (Å²) in [5.41, 5.74) is 2.58. The Kier molecular flexibility index (Phi) is 4.99. The fraction of sp³-hybridized carbons (Fsp3) is 0.286. The number of hydrogen-bond acceptors (Lipinski definition) is 6. The number of fused-ring (bicyclic) bond motifs is 1. The average molecular weight is 370 g/mol. The Hall–Kier alpha value is -3.15. The van der Waals surface area contributed by atoms with Crippen LogP contribution in [0.3, 0.4) is 0 Å². The maximum Gasteiger partial charge on any atom is 0.174 e. The monoisotopic (exact) mass is 370 g/mol. The molecular weight excluding hydrogens is 348 g/mol. The first-order valence-corrected chi connectivity index (χ1v) is 8.59. The fourth-order valence-corrected chi connectivity index (χ4v) is 3.19. The number of allylic oxidation sites excluding steroid dienone is 2. The molecule has 2 aromatic carbocycles. The Labute approximate surface area is 157 Å². The average Bonchev–Trinajstić information content (AvgIpc) is 2.58. The van der Waals surface area contributed by atoms with Crippen LogP contribution < -0.4 is 9.47 Å². The lowest BCUT2D eigenvalue weighted by Gasteiger charge is -2.27. The minimum Gasteiger partial charge on any atom is -0.508 e. The van der Waals surface area contributed by atoms with E-state index in [1.807, 2.05) is 26.0 Å². The summed E-state index contributed by atoms with van der Waals surface area (Å²) in [6, 6.07) is 5.75. The van der Waals surface area contributed by atoms with E-state index < -0.39 is 6.10 Å². The van der Waals surface area contributed by atoms with E-state index in [-0.39, 0.29) is 40.8 Å². The zero-order valence-corrected chi connectivity index (χ0v) is 15.4. The van der Waals surface area contributed by atoms with Gasteiger partial charge in [-0.3, -0.25) is 4.79 Å². The van der Waals surface area contributed by atoms with Crippen molar-refractivity contribution < 1.29 is 29.6 Å². The fourth-order valence-electron chi connectivity index (χ4n) is 3.19. The number of Topliss-reactive ketones (excluding diaryl/α,β-unsaturated/α-hetero) is 1. The molecule has 0 aromatic heterocycles. The van der Waals surface area contributed by atoms with Gasteiger partial charge >= 0.3 is 0 Å². The molecule has 0 radical (unpaired) electrons. The van der Waals surface area contributed by atoms with Gasteiger partial charge in [0, 0.05) is 17.7 Å². The van der Waals surface area contributed by atoms with Gasteiger partial charge in [-0.05, 0) is 38.0 Å². The normalized spacial score (nSPS) is 15.7. The highest BCUT2D eigenvalue weighted by atomic mass is 16.5. The van der Waals surface area contributed by atoms with Crippen LogP contribution in [0.25, 0.3) is 0 Å². The summed E-state index contributed by atoms with van der Waals surface area (Å²) in [7, 11) is 1.49. The standard InChI is InChI=1S/C21H22O6/c1-11(2)4-5-12-6-13(7-17(25)21(12)26-3)18-10-16(24)20-15(23)8-14(22)9-19(20)27-18/h4,6-9,18,22-23,25H,5,10H2,1-3H3. The van der Waals surface area contributed by atoms with E-state index in [0.29, 0.717) is 17.7 Å². The van der Waals surface area contributed by atoms with Crippen LogP contribution in [0.1, 0.15) is 47.9 Å². The van der Waals surface area contributed by atoms with Gasteiger partial charge in [-0.1, -0.05) is 11.6 Å². The third kappa shape index (κ3) is 3.69. The topological polar surface area (TPSA) is 96.2 Å². The summed E-state index contributed by atoms with van der Waals surface area (Å²) in [4.78, 5) is 12.5. The lowest BCUT2D eigenvalue weighted by molar-refractivity contribution is 0.0844. The SMILES string of the molecule is COc1c(O)cc(C2CC(=O)c3c(O)cc(O)cc3O2)cc1CC=C(C)C. The number of phenolic OH excluding ortho intramolecular Hbond substituents is 3. The molecule has 0 aliphatic carbocycles. The lowest BCUT2D eigenvalue weighted by atomic mass is 9.93. The number of aromatic hydroxyl groups is 3. The molecule has 6 heteroatoms. The van der Waals surface area contributed by atoms with E-state index in [0.717, 1.165) is 17.2 Å². The smallest absolute Gasteiger partial charge is 0.174 e. The summed E-state index contributed by atoms with van der Waals surface area (Å²) in [6.45, 7) is 3.96. The van der Waals surface area contributed by atoms with Gasteiger partial charge in [0.1, 0.15) is 28.9 Å². The molecule has 3 rings (SSSR count). The van der Waals surface area contributed by atoms with Gasteiger partial charge in [-0.25, -0.2) is 0 Å². The first-order chi connectivity index (χ1) is 12.8. The second kappa shape index (κ2) is 7.23. The number of rotatable bonds is 4. The molecule has 0 bridgehead atoms. The van der Waals surface area contributed by atoms with Crippen LogP contribution in [-0.4, -0.2) is 28.2 Å². The Morgan fingerprint density at radius 1 is 1.19 bits per heavy atom. The molecule has 0 spiro atoms. The van der Waals surface area contributed by atoms with Gasteiger partial charge < -0.3 is 24.8 Å². The number of benzene rings is 2. The molecule has 6 nitrogen and oxygen atoms in total. The largest absolute Gasteiger partial charge is 0.508 e. The Morgan fingerprint density at radius 3 is 2.59 bits per heavy atom. The molecule has 0 amide bonds. The molecular formula is C21H22O6. The maximum absolute atomic E-state index is 12.5. The predicted molar refractivity (Wildman–Crippen MR) is 99.9 cm³/mol. The summed E-state index contributed by atoms with van der Waals surface area (Å²) >= 11 is 0. The Bertz CT molecular complexity index is 925. The molecule has 1 aliphatic rings. The van der Waals surface area contributed by atoms with Gasteiger partial charge in [0.2, 0.25) is 0 Å². The molecule has 1 aliphatic heterocycles. The molecule has 1 atom stereocenters. The van der Waals surface area contributed by atoms with E-state index in [1.165, 1.54) is 19.2 Å². The van der Waals surface area contributed by atoms with Crippen LogP contribution in [0.15, 0.2) is 35.9 Å². The van der Waals surface area contributed by atoms with Crippen molar-refractivity contribution in [2.75, 3.05) is 7.11 Å². The van der Waals surface area contributed by atoms with E-state index >= 15 is 0 Å². The van der Waals surface area contributed by atoms with Crippen molar-refractivity contribution >= 4 is 5.78 Å². The summed E-state index contributed by atoms with van der Waals surface area (Å²) in [5, 5.41) is 29.9. The second-order valence-corrected chi connectivity index (χ2v) is 6.79. The summed E-state index contributed by atoms with van der Waals surface area (Å²) in [5.74, 6) is -0.326. The van der Waals surface area contributed by atoms with Crippen molar-refractivity contribution in [1.29, 1.82) is 0 Å². The van der Waals surface area contributed by atoms with E-state index in [2.05, 4.69) is 0 Å². The van der Waals surface area contributed by atoms with Crippen molar-refractivity contribution in [2.24, 2.45) is 0 Å². The third-order valence-electron chi connectivity index (χ3n) is 4.46. The van der Waals surface area contributed by atoms with Crippen LogP contribution >= 0.6 is 0 Å². The molecule has 3 N–H and O–H groups in total. The lowest BCUT2D eigenvalue weighted by Crippen LogP contribution is -2.20. The first-order valence-electron chi connectivity index (χ1n) is 8.59. The van der Waals surface area contributed by atoms with Gasteiger partial charge in [0.15, 0.2) is 17.3 Å². The van der Waals surface area contributed by atoms with Crippen molar-refractivity contribution in [3.63, 3.8) is 0 Å². The molecule has 1 heterocycles. The predicted octanol–water partition coefficient (Wildman–Crippen LogP) is 4.03. The number of ketones is 1. The maximum atomic E-state index is 12.5. The van der Waals surface area contributed by atoms with Gasteiger partial charge in [0.25, 0.3) is 0 Å². The van der Waals surface area contributed by atoms with Gasteiger partial charge in [0.05, 0.1) is 13.5 Å². The van der Waals surface area contributed by atoms with Crippen molar-refractivity contribution in [1.82, 2.24) is 0 Å². The van der Waals surface area contributed by atoms with Crippen molar-refractivity contribution in [3.8, 4) is 28.7 Å². The van der Waals surface area contributed by atoms with Crippen LogP contribution in [0.2, 0.25) is 0 Å². The highest BCUT2D eigenvalue weighted by Gasteiger charge is 2.31. The van der Waals surface area contributed by atoms with Crippen molar-refractivity contribution in [3.05, 3.63) is 52.6 Å². The number of methoxy groups -OCH3 is 1. The quantitative estimate of drug-likeness (QED) is 0.703. The van der Waals surface area contributed by atoms with Gasteiger partial charge in [-0.15, -0.1) is 0 Å². The van der Waals surface area contributed by atoms with Crippen LogP contribution in [0.5, 0.6) is 28.7 Å². The Morgan fingerprint density at radius 2 is 1.93 bits per heavy atom. The van der Waals surface area contributed by atoms with Crippen LogP contribution in [0.4, 0.5) is 0 Å². The van der Waals surface area contributed by atoms with Crippen molar-refractivity contribution in [2.45, 2.75) is 32.8 Å². The number of carbonyl (C=O) groups is 1. The number of phenols is 3. The highest BCUT2D eigenvalue weighted by molar-refractivity contribution is 6.02. The first kappa shape index (κ1) is 18.6. The Balaban J connectivity index is 2.01. The zero-order valence-electron chi connectivity index (χ0n) is 15.4.